The molecule has 0 spiro atoms. The van der Waals surface area contributed by atoms with Gasteiger partial charge in [0, 0.05) is 13.6 Å². The van der Waals surface area contributed by atoms with Crippen LogP contribution in [0.4, 0.5) is 11.6 Å². The number of ether oxygens (including phenoxy) is 1. The van der Waals surface area contributed by atoms with Gasteiger partial charge in [0.15, 0.2) is 6.10 Å². The summed E-state index contributed by atoms with van der Waals surface area (Å²) < 4.78 is 7.70. The molecule has 1 amide bonds. The van der Waals surface area contributed by atoms with Crippen LogP contribution in [0.2, 0.25) is 0 Å². The summed E-state index contributed by atoms with van der Waals surface area (Å²) in [6.07, 6.45) is 1.39. The SMILES string of the molecule is CC1Oc2cc(CNc3ncc(-c4ccccc4)n3C)ccc2NC1=O. The van der Waals surface area contributed by atoms with Gasteiger partial charge in [-0.15, -0.1) is 0 Å². The Morgan fingerprint density at radius 2 is 2.04 bits per heavy atom. The minimum Gasteiger partial charge on any atom is -0.479 e. The molecule has 132 valence electrons. The van der Waals surface area contributed by atoms with Gasteiger partial charge in [-0.2, -0.15) is 0 Å². The van der Waals surface area contributed by atoms with Gasteiger partial charge in [-0.1, -0.05) is 36.4 Å². The molecule has 2 heterocycles. The molecule has 1 atom stereocenters. The molecule has 6 nitrogen and oxygen atoms in total. The molecule has 2 N–H and O–H groups in total. The van der Waals surface area contributed by atoms with Crippen LogP contribution in [-0.2, 0) is 18.4 Å². The lowest BCUT2D eigenvalue weighted by molar-refractivity contribution is -0.122. The van der Waals surface area contributed by atoms with Crippen molar-refractivity contribution in [3.8, 4) is 17.0 Å². The minimum atomic E-state index is -0.478. The highest BCUT2D eigenvalue weighted by Gasteiger charge is 2.23. The number of nitrogens with one attached hydrogen (secondary N) is 2. The number of rotatable bonds is 4. The van der Waals surface area contributed by atoms with Crippen LogP contribution in [-0.4, -0.2) is 21.6 Å². The number of carbonyl (C=O) groups excluding carboxylic acids is 1. The van der Waals surface area contributed by atoms with E-state index in [4.69, 9.17) is 4.74 Å². The first-order chi connectivity index (χ1) is 12.6. The molecular weight excluding hydrogens is 328 g/mol. The third-order valence-electron chi connectivity index (χ3n) is 4.49. The summed E-state index contributed by atoms with van der Waals surface area (Å²) in [7, 11) is 1.99. The fraction of sp³-hybridized carbons (Fsp3) is 0.200. The number of aromatic nitrogens is 2. The van der Waals surface area contributed by atoms with Gasteiger partial charge in [-0.3, -0.25) is 4.79 Å². The summed E-state index contributed by atoms with van der Waals surface area (Å²) >= 11 is 0. The van der Waals surface area contributed by atoms with Crippen molar-refractivity contribution < 1.29 is 9.53 Å². The van der Waals surface area contributed by atoms with Crippen LogP contribution in [0.5, 0.6) is 5.75 Å². The van der Waals surface area contributed by atoms with Crippen LogP contribution in [0, 0.1) is 0 Å². The van der Waals surface area contributed by atoms with Crippen LogP contribution in [0.25, 0.3) is 11.3 Å². The second kappa shape index (κ2) is 6.55. The van der Waals surface area contributed by atoms with Gasteiger partial charge in [0.1, 0.15) is 5.75 Å². The van der Waals surface area contributed by atoms with Crippen molar-refractivity contribution in [3.63, 3.8) is 0 Å². The largest absolute Gasteiger partial charge is 0.479 e. The Kier molecular flexibility index (Phi) is 4.08. The second-order valence-electron chi connectivity index (χ2n) is 6.33. The van der Waals surface area contributed by atoms with Gasteiger partial charge in [0.2, 0.25) is 5.95 Å². The Morgan fingerprint density at radius 3 is 2.85 bits per heavy atom. The van der Waals surface area contributed by atoms with E-state index in [9.17, 15) is 4.79 Å². The molecular formula is C20H20N4O2. The first kappa shape index (κ1) is 16.2. The first-order valence-electron chi connectivity index (χ1n) is 8.53. The average molecular weight is 348 g/mol. The van der Waals surface area contributed by atoms with Gasteiger partial charge >= 0.3 is 0 Å². The molecule has 4 rings (SSSR count). The van der Waals surface area contributed by atoms with Gasteiger partial charge < -0.3 is 19.9 Å². The van der Waals surface area contributed by atoms with Gasteiger partial charge in [0.25, 0.3) is 5.91 Å². The van der Waals surface area contributed by atoms with Crippen LogP contribution in [0.3, 0.4) is 0 Å². The van der Waals surface area contributed by atoms with Gasteiger partial charge in [-0.25, -0.2) is 4.98 Å². The Hall–Kier alpha value is -3.28. The number of fused-ring (bicyclic) bond motifs is 1. The highest BCUT2D eigenvalue weighted by atomic mass is 16.5. The zero-order valence-electron chi connectivity index (χ0n) is 14.7. The topological polar surface area (TPSA) is 68.2 Å². The summed E-state index contributed by atoms with van der Waals surface area (Å²) in [5, 5.41) is 6.20. The van der Waals surface area contributed by atoms with Crippen molar-refractivity contribution in [2.75, 3.05) is 10.6 Å². The normalized spacial score (nSPS) is 15.8. The Morgan fingerprint density at radius 1 is 1.23 bits per heavy atom. The first-order valence-corrected chi connectivity index (χ1v) is 8.53. The molecule has 0 saturated carbocycles. The summed E-state index contributed by atoms with van der Waals surface area (Å²) in [6, 6.07) is 15.9. The third-order valence-corrected chi connectivity index (χ3v) is 4.49. The van der Waals surface area contributed by atoms with Crippen LogP contribution in [0.15, 0.2) is 54.7 Å². The van der Waals surface area contributed by atoms with E-state index in [0.29, 0.717) is 18.0 Å². The molecule has 6 heteroatoms. The smallest absolute Gasteiger partial charge is 0.265 e. The van der Waals surface area contributed by atoms with E-state index in [1.165, 1.54) is 0 Å². The maximum absolute atomic E-state index is 11.6. The lowest BCUT2D eigenvalue weighted by atomic mass is 10.1. The Balaban J connectivity index is 1.49. The third kappa shape index (κ3) is 3.01. The van der Waals surface area contributed by atoms with Crippen LogP contribution >= 0.6 is 0 Å². The maximum Gasteiger partial charge on any atom is 0.265 e. The van der Waals surface area contributed by atoms with Gasteiger partial charge in [0.05, 0.1) is 17.6 Å². The van der Waals surface area contributed by atoms with E-state index >= 15 is 0 Å². The van der Waals surface area contributed by atoms with E-state index in [-0.39, 0.29) is 5.91 Å². The van der Waals surface area contributed by atoms with Gasteiger partial charge in [-0.05, 0) is 30.2 Å². The molecule has 0 aliphatic carbocycles. The molecule has 26 heavy (non-hydrogen) atoms. The number of hydrogen-bond donors (Lipinski definition) is 2. The Bertz CT molecular complexity index is 950. The van der Waals surface area contributed by atoms with Crippen LogP contribution < -0.4 is 15.4 Å². The lowest BCUT2D eigenvalue weighted by Gasteiger charge is -2.23. The quantitative estimate of drug-likeness (QED) is 0.758. The minimum absolute atomic E-state index is 0.121. The second-order valence-corrected chi connectivity index (χ2v) is 6.33. The van der Waals surface area contributed by atoms with E-state index < -0.39 is 6.10 Å². The number of amides is 1. The standard InChI is InChI=1S/C20H20N4O2/c1-13-19(25)23-16-9-8-14(10-18(16)26-13)11-21-20-22-12-17(24(20)2)15-6-4-3-5-7-15/h3-10,12-13H,11H2,1-2H3,(H,21,22)(H,23,25). The molecule has 1 aliphatic heterocycles. The van der Waals surface area contributed by atoms with E-state index in [1.54, 1.807) is 6.92 Å². The average Bonchev–Trinajstić information content (AvgIpc) is 3.02. The highest BCUT2D eigenvalue weighted by Crippen LogP contribution is 2.31. The fourth-order valence-corrected chi connectivity index (χ4v) is 2.99. The van der Waals surface area contributed by atoms with Crippen molar-refractivity contribution in [2.24, 2.45) is 7.05 Å². The number of anilines is 2. The lowest BCUT2D eigenvalue weighted by Crippen LogP contribution is -2.34. The number of carbonyl (C=O) groups is 1. The number of hydrogen-bond acceptors (Lipinski definition) is 4. The molecule has 1 aliphatic rings. The highest BCUT2D eigenvalue weighted by molar-refractivity contribution is 5.97. The Labute approximate surface area is 151 Å². The number of nitrogens with zero attached hydrogens (tertiary/aromatic N) is 2. The predicted octanol–water partition coefficient (Wildman–Crippen LogP) is 3.42. The molecule has 3 aromatic rings. The van der Waals surface area contributed by atoms with Crippen LogP contribution in [0.1, 0.15) is 12.5 Å². The summed E-state index contributed by atoms with van der Waals surface area (Å²) in [6.45, 7) is 2.35. The molecule has 0 radical (unpaired) electrons. The molecule has 0 fully saturated rings. The van der Waals surface area contributed by atoms with Crippen molar-refractivity contribution in [3.05, 3.63) is 60.3 Å². The molecule has 2 aromatic carbocycles. The van der Waals surface area contributed by atoms with Crippen molar-refractivity contribution in [1.29, 1.82) is 0 Å². The zero-order valence-corrected chi connectivity index (χ0v) is 14.7. The molecule has 0 bridgehead atoms. The van der Waals surface area contributed by atoms with E-state index in [0.717, 1.165) is 22.8 Å². The maximum atomic E-state index is 11.6. The van der Waals surface area contributed by atoms with E-state index in [1.807, 2.05) is 54.2 Å². The predicted molar refractivity (Wildman–Crippen MR) is 101 cm³/mol. The molecule has 0 saturated heterocycles. The molecule has 1 aromatic heterocycles. The van der Waals surface area contributed by atoms with Crippen molar-refractivity contribution >= 4 is 17.5 Å². The number of imidazole rings is 1. The fourth-order valence-electron chi connectivity index (χ4n) is 2.99. The van der Waals surface area contributed by atoms with Crippen molar-refractivity contribution in [1.82, 2.24) is 9.55 Å². The molecule has 1 unspecified atom stereocenters. The van der Waals surface area contributed by atoms with E-state index in [2.05, 4.69) is 27.8 Å². The van der Waals surface area contributed by atoms with Crippen molar-refractivity contribution in [2.45, 2.75) is 19.6 Å². The summed E-state index contributed by atoms with van der Waals surface area (Å²) in [5.41, 5.74) is 3.94. The number of benzene rings is 2. The summed E-state index contributed by atoms with van der Waals surface area (Å²) in [4.78, 5) is 16.1. The zero-order chi connectivity index (χ0) is 18.1. The summed E-state index contributed by atoms with van der Waals surface area (Å²) in [5.74, 6) is 1.37. The monoisotopic (exact) mass is 348 g/mol.